The van der Waals surface area contributed by atoms with Crippen LogP contribution in [-0.4, -0.2) is 26.7 Å². The molecule has 0 fully saturated rings. The molecule has 0 aliphatic heterocycles. The molecule has 0 aromatic heterocycles. The third kappa shape index (κ3) is 5.57. The quantitative estimate of drug-likeness (QED) is 0.711. The van der Waals surface area contributed by atoms with Crippen molar-refractivity contribution < 1.29 is 9.13 Å². The lowest BCUT2D eigenvalue weighted by molar-refractivity contribution is 0.340. The van der Waals surface area contributed by atoms with Gasteiger partial charge in [-0.2, -0.15) is 0 Å². The Balaban J connectivity index is 2.28. The standard InChI is InChI=1S/C15H25FN2O/c1-15(2,11-17)7-9-18-8-6-12-4-5-14(19-3)13(16)10-12/h4-5,10,18H,6-9,11,17H2,1-3H3. The third-order valence-corrected chi connectivity index (χ3v) is 3.34. The molecule has 3 N–H and O–H groups in total. The lowest BCUT2D eigenvalue weighted by Crippen LogP contribution is -2.29. The molecule has 3 nitrogen and oxygen atoms in total. The summed E-state index contributed by atoms with van der Waals surface area (Å²) in [6.07, 6.45) is 1.85. The average molecular weight is 268 g/mol. The molecular formula is C15H25FN2O. The summed E-state index contributed by atoms with van der Waals surface area (Å²) in [4.78, 5) is 0. The van der Waals surface area contributed by atoms with Gasteiger partial charge in [0.25, 0.3) is 0 Å². The van der Waals surface area contributed by atoms with Gasteiger partial charge in [-0.3, -0.25) is 0 Å². The molecule has 0 saturated heterocycles. The molecule has 19 heavy (non-hydrogen) atoms. The molecule has 1 aromatic carbocycles. The highest BCUT2D eigenvalue weighted by molar-refractivity contribution is 5.29. The average Bonchev–Trinajstić information content (AvgIpc) is 2.38. The van der Waals surface area contributed by atoms with Gasteiger partial charge in [0.1, 0.15) is 0 Å². The summed E-state index contributed by atoms with van der Waals surface area (Å²) in [6, 6.07) is 5.10. The number of rotatable bonds is 8. The van der Waals surface area contributed by atoms with Gasteiger partial charge in [-0.15, -0.1) is 0 Å². The first-order valence-electron chi connectivity index (χ1n) is 6.72. The number of nitrogens with two attached hydrogens (primary N) is 1. The first-order valence-corrected chi connectivity index (χ1v) is 6.72. The van der Waals surface area contributed by atoms with Gasteiger partial charge >= 0.3 is 0 Å². The molecular weight excluding hydrogens is 243 g/mol. The fourth-order valence-corrected chi connectivity index (χ4v) is 1.75. The number of ether oxygens (including phenoxy) is 1. The largest absolute Gasteiger partial charge is 0.494 e. The predicted octanol–water partition coefficient (Wildman–Crippen LogP) is 2.34. The molecule has 0 atom stereocenters. The van der Waals surface area contributed by atoms with Crippen molar-refractivity contribution in [3.8, 4) is 5.75 Å². The lowest BCUT2D eigenvalue weighted by Gasteiger charge is -2.22. The van der Waals surface area contributed by atoms with Crippen molar-refractivity contribution in [2.45, 2.75) is 26.7 Å². The van der Waals surface area contributed by atoms with Crippen LogP contribution in [0, 0.1) is 11.2 Å². The summed E-state index contributed by atoms with van der Waals surface area (Å²) in [5, 5.41) is 3.36. The summed E-state index contributed by atoms with van der Waals surface area (Å²) >= 11 is 0. The maximum absolute atomic E-state index is 13.5. The van der Waals surface area contributed by atoms with Crippen molar-refractivity contribution in [2.24, 2.45) is 11.1 Å². The molecule has 0 saturated carbocycles. The Morgan fingerprint density at radius 1 is 1.32 bits per heavy atom. The lowest BCUT2D eigenvalue weighted by atomic mass is 9.90. The summed E-state index contributed by atoms with van der Waals surface area (Å²) in [5.41, 5.74) is 6.83. The van der Waals surface area contributed by atoms with Crippen LogP contribution in [0.25, 0.3) is 0 Å². The Morgan fingerprint density at radius 3 is 2.63 bits per heavy atom. The molecule has 1 rings (SSSR count). The normalized spacial score (nSPS) is 11.6. The van der Waals surface area contributed by atoms with Crippen LogP contribution in [0.5, 0.6) is 5.75 Å². The van der Waals surface area contributed by atoms with Crippen molar-refractivity contribution >= 4 is 0 Å². The molecule has 0 radical (unpaired) electrons. The molecule has 0 unspecified atom stereocenters. The first-order chi connectivity index (χ1) is 8.98. The summed E-state index contributed by atoms with van der Waals surface area (Å²) in [6.45, 7) is 6.79. The van der Waals surface area contributed by atoms with Gasteiger partial charge in [-0.05, 0) is 55.6 Å². The zero-order valence-electron chi connectivity index (χ0n) is 12.1. The fraction of sp³-hybridized carbons (Fsp3) is 0.600. The van der Waals surface area contributed by atoms with E-state index in [9.17, 15) is 4.39 Å². The number of benzene rings is 1. The van der Waals surface area contributed by atoms with Crippen molar-refractivity contribution in [3.05, 3.63) is 29.6 Å². The molecule has 0 bridgehead atoms. The smallest absolute Gasteiger partial charge is 0.165 e. The monoisotopic (exact) mass is 268 g/mol. The zero-order valence-corrected chi connectivity index (χ0v) is 12.1. The zero-order chi connectivity index (χ0) is 14.3. The Bertz CT molecular complexity index is 394. The highest BCUT2D eigenvalue weighted by Gasteiger charge is 2.14. The van der Waals surface area contributed by atoms with Gasteiger partial charge < -0.3 is 15.8 Å². The predicted molar refractivity (Wildman–Crippen MR) is 77.0 cm³/mol. The van der Waals surface area contributed by atoms with E-state index in [1.165, 1.54) is 13.2 Å². The number of hydrogen-bond donors (Lipinski definition) is 2. The molecule has 0 heterocycles. The van der Waals surface area contributed by atoms with Crippen LogP contribution in [-0.2, 0) is 6.42 Å². The second kappa shape index (κ2) is 7.46. The first kappa shape index (κ1) is 15.9. The molecule has 108 valence electrons. The van der Waals surface area contributed by atoms with Crippen LogP contribution in [0.4, 0.5) is 4.39 Å². The summed E-state index contributed by atoms with van der Waals surface area (Å²) in [5.74, 6) is -0.00864. The van der Waals surface area contributed by atoms with Crippen LogP contribution in [0.1, 0.15) is 25.8 Å². The minimum Gasteiger partial charge on any atom is -0.494 e. The van der Waals surface area contributed by atoms with Crippen molar-refractivity contribution in [2.75, 3.05) is 26.7 Å². The van der Waals surface area contributed by atoms with Gasteiger partial charge in [-0.25, -0.2) is 4.39 Å². The second-order valence-corrected chi connectivity index (χ2v) is 5.59. The number of hydrogen-bond acceptors (Lipinski definition) is 3. The van der Waals surface area contributed by atoms with Gasteiger partial charge in [-0.1, -0.05) is 19.9 Å². The molecule has 0 spiro atoms. The summed E-state index contributed by atoms with van der Waals surface area (Å²) < 4.78 is 18.4. The highest BCUT2D eigenvalue weighted by Crippen LogP contribution is 2.18. The second-order valence-electron chi connectivity index (χ2n) is 5.59. The third-order valence-electron chi connectivity index (χ3n) is 3.34. The van der Waals surface area contributed by atoms with Crippen LogP contribution in [0.2, 0.25) is 0 Å². The fourth-order valence-electron chi connectivity index (χ4n) is 1.75. The van der Waals surface area contributed by atoms with E-state index in [0.717, 1.165) is 31.5 Å². The SMILES string of the molecule is COc1ccc(CCNCCC(C)(C)CN)cc1F. The highest BCUT2D eigenvalue weighted by atomic mass is 19.1. The molecule has 1 aromatic rings. The van der Waals surface area contributed by atoms with E-state index in [0.29, 0.717) is 12.3 Å². The summed E-state index contributed by atoms with van der Waals surface area (Å²) in [7, 11) is 1.47. The van der Waals surface area contributed by atoms with Crippen molar-refractivity contribution in [3.63, 3.8) is 0 Å². The number of methoxy groups -OCH3 is 1. The van der Waals surface area contributed by atoms with E-state index in [-0.39, 0.29) is 11.2 Å². The number of halogens is 1. The maximum Gasteiger partial charge on any atom is 0.165 e. The Hall–Kier alpha value is -1.13. The van der Waals surface area contributed by atoms with E-state index in [4.69, 9.17) is 10.5 Å². The minimum absolute atomic E-state index is 0.180. The van der Waals surface area contributed by atoms with Gasteiger partial charge in [0.2, 0.25) is 0 Å². The van der Waals surface area contributed by atoms with Gasteiger partial charge in [0, 0.05) is 0 Å². The van der Waals surface area contributed by atoms with Gasteiger partial charge in [0.15, 0.2) is 11.6 Å². The topological polar surface area (TPSA) is 47.3 Å². The molecule has 0 aliphatic carbocycles. The Labute approximate surface area is 115 Å². The van der Waals surface area contributed by atoms with Crippen LogP contribution >= 0.6 is 0 Å². The van der Waals surface area contributed by atoms with Crippen molar-refractivity contribution in [1.29, 1.82) is 0 Å². The van der Waals surface area contributed by atoms with Gasteiger partial charge in [0.05, 0.1) is 7.11 Å². The van der Waals surface area contributed by atoms with Crippen LogP contribution in [0.15, 0.2) is 18.2 Å². The van der Waals surface area contributed by atoms with E-state index in [1.54, 1.807) is 6.07 Å². The van der Waals surface area contributed by atoms with E-state index in [1.807, 2.05) is 6.07 Å². The van der Waals surface area contributed by atoms with Crippen LogP contribution < -0.4 is 15.8 Å². The maximum atomic E-state index is 13.5. The molecule has 0 amide bonds. The molecule has 4 heteroatoms. The molecule has 0 aliphatic rings. The number of nitrogens with one attached hydrogen (secondary N) is 1. The Kier molecular flexibility index (Phi) is 6.25. The van der Waals surface area contributed by atoms with Crippen LogP contribution in [0.3, 0.4) is 0 Å². The Morgan fingerprint density at radius 2 is 2.05 bits per heavy atom. The van der Waals surface area contributed by atoms with E-state index >= 15 is 0 Å². The van der Waals surface area contributed by atoms with Crippen molar-refractivity contribution in [1.82, 2.24) is 5.32 Å². The minimum atomic E-state index is -0.302. The van der Waals surface area contributed by atoms with E-state index < -0.39 is 0 Å². The van der Waals surface area contributed by atoms with E-state index in [2.05, 4.69) is 19.2 Å².